The van der Waals surface area contributed by atoms with Crippen LogP contribution in [0.4, 0.5) is 8.78 Å². The summed E-state index contributed by atoms with van der Waals surface area (Å²) in [6, 6.07) is 1.05. The average molecular weight is 227 g/mol. The first-order chi connectivity index (χ1) is 7.65. The predicted octanol–water partition coefficient (Wildman–Crippen LogP) is 3.79. The van der Waals surface area contributed by atoms with E-state index in [-0.39, 0.29) is 16.7 Å². The number of halogens is 2. The molecule has 1 aromatic carbocycles. The summed E-state index contributed by atoms with van der Waals surface area (Å²) in [5, 5.41) is 0.281. The van der Waals surface area contributed by atoms with Crippen molar-refractivity contribution in [2.45, 2.75) is 20.8 Å². The molecule has 0 spiro atoms. The fourth-order valence-electron chi connectivity index (χ4n) is 1.53. The van der Waals surface area contributed by atoms with E-state index in [0.29, 0.717) is 5.56 Å². The maximum absolute atomic E-state index is 13.5. The smallest absolute Gasteiger partial charge is 0.189 e. The van der Waals surface area contributed by atoms with Crippen LogP contribution in [0.25, 0.3) is 10.9 Å². The molecule has 2 rings (SSSR count). The van der Waals surface area contributed by atoms with E-state index in [9.17, 15) is 8.78 Å². The van der Waals surface area contributed by atoms with E-state index >= 15 is 0 Å². The van der Waals surface area contributed by atoms with Crippen molar-refractivity contribution in [3.05, 3.63) is 29.5 Å². The molecule has 0 saturated heterocycles. The lowest BCUT2D eigenvalue weighted by atomic mass is 10.1. The molecule has 0 bridgehead atoms. The van der Waals surface area contributed by atoms with Gasteiger partial charge in [-0.15, -0.1) is 0 Å². The molecule has 0 fully saturated rings. The summed E-state index contributed by atoms with van der Waals surface area (Å²) < 4.78 is 31.7. The van der Waals surface area contributed by atoms with Crippen molar-refractivity contribution in [2.75, 3.05) is 7.11 Å². The van der Waals surface area contributed by atoms with Crippen molar-refractivity contribution in [3.8, 4) is 5.75 Å². The van der Waals surface area contributed by atoms with E-state index in [4.69, 9.17) is 4.74 Å². The quantitative estimate of drug-likeness (QED) is 0.787. The molecule has 2 nitrogen and oxygen atoms in total. The van der Waals surface area contributed by atoms with E-state index in [1.165, 1.54) is 7.11 Å². The Morgan fingerprint density at radius 2 is 1.88 bits per heavy atom. The van der Waals surface area contributed by atoms with Gasteiger partial charge in [-0.1, -0.05) is 13.8 Å². The molecule has 4 heteroatoms. The van der Waals surface area contributed by atoms with E-state index in [1.54, 1.807) is 13.1 Å². The van der Waals surface area contributed by atoms with E-state index in [0.717, 1.165) is 6.07 Å². The van der Waals surface area contributed by atoms with Crippen LogP contribution in [0.3, 0.4) is 0 Å². The van der Waals surface area contributed by atoms with Gasteiger partial charge in [-0.05, 0) is 12.5 Å². The molecule has 1 heterocycles. The Morgan fingerprint density at radius 3 is 2.44 bits per heavy atom. The van der Waals surface area contributed by atoms with E-state index in [1.807, 2.05) is 13.8 Å². The Balaban J connectivity index is 0.000000606. The highest BCUT2D eigenvalue weighted by atomic mass is 19.1. The maximum Gasteiger partial charge on any atom is 0.189 e. The maximum atomic E-state index is 13.5. The van der Waals surface area contributed by atoms with Crippen LogP contribution in [-0.2, 0) is 0 Å². The Bertz CT molecular complexity index is 491. The first kappa shape index (κ1) is 12.5. The number of nitrogens with one attached hydrogen (secondary N) is 1. The van der Waals surface area contributed by atoms with Crippen LogP contribution < -0.4 is 4.74 Å². The monoisotopic (exact) mass is 227 g/mol. The third-order valence-corrected chi connectivity index (χ3v) is 2.23. The Kier molecular flexibility index (Phi) is 3.88. The highest BCUT2D eigenvalue weighted by Crippen LogP contribution is 2.30. The molecule has 0 saturated carbocycles. The number of aromatic nitrogens is 1. The lowest BCUT2D eigenvalue weighted by molar-refractivity contribution is 0.385. The fraction of sp³-hybridized carbons (Fsp3) is 0.333. The van der Waals surface area contributed by atoms with Crippen molar-refractivity contribution in [1.29, 1.82) is 0 Å². The van der Waals surface area contributed by atoms with Gasteiger partial charge in [0.05, 0.1) is 12.6 Å². The fourth-order valence-corrected chi connectivity index (χ4v) is 1.53. The first-order valence-corrected chi connectivity index (χ1v) is 5.15. The van der Waals surface area contributed by atoms with Gasteiger partial charge in [-0.25, -0.2) is 8.78 Å². The van der Waals surface area contributed by atoms with Crippen molar-refractivity contribution < 1.29 is 13.5 Å². The molecule has 88 valence electrons. The highest BCUT2D eigenvalue weighted by molar-refractivity contribution is 5.85. The van der Waals surface area contributed by atoms with Crippen molar-refractivity contribution in [3.63, 3.8) is 0 Å². The Morgan fingerprint density at radius 1 is 1.25 bits per heavy atom. The van der Waals surface area contributed by atoms with Gasteiger partial charge in [0.1, 0.15) is 5.82 Å². The average Bonchev–Trinajstić information content (AvgIpc) is 2.69. The van der Waals surface area contributed by atoms with Crippen LogP contribution in [0.5, 0.6) is 5.75 Å². The molecule has 0 radical (unpaired) electrons. The van der Waals surface area contributed by atoms with Gasteiger partial charge in [0, 0.05) is 17.6 Å². The number of hydrogen-bond acceptors (Lipinski definition) is 1. The van der Waals surface area contributed by atoms with Crippen molar-refractivity contribution in [1.82, 2.24) is 4.98 Å². The van der Waals surface area contributed by atoms with Gasteiger partial charge >= 0.3 is 0 Å². The lowest BCUT2D eigenvalue weighted by Crippen LogP contribution is -1.91. The largest absolute Gasteiger partial charge is 0.493 e. The molecular formula is C12H15F2NO. The van der Waals surface area contributed by atoms with Gasteiger partial charge in [-0.3, -0.25) is 0 Å². The van der Waals surface area contributed by atoms with E-state index < -0.39 is 11.6 Å². The summed E-state index contributed by atoms with van der Waals surface area (Å²) in [6.45, 7) is 5.72. The summed E-state index contributed by atoms with van der Waals surface area (Å²) in [6.07, 6.45) is 1.57. The number of aryl methyl sites for hydroxylation is 1. The van der Waals surface area contributed by atoms with Crippen LogP contribution in [0.1, 0.15) is 19.4 Å². The third kappa shape index (κ3) is 1.87. The van der Waals surface area contributed by atoms with Crippen molar-refractivity contribution >= 4 is 10.9 Å². The zero-order valence-electron chi connectivity index (χ0n) is 9.82. The number of aromatic amines is 1. The molecule has 0 unspecified atom stereocenters. The second-order valence-corrected chi connectivity index (χ2v) is 3.10. The summed E-state index contributed by atoms with van der Waals surface area (Å²) >= 11 is 0. The molecular weight excluding hydrogens is 212 g/mol. The van der Waals surface area contributed by atoms with Gasteiger partial charge in [0.15, 0.2) is 11.6 Å². The van der Waals surface area contributed by atoms with Gasteiger partial charge in [0.25, 0.3) is 0 Å². The molecule has 2 aromatic rings. The van der Waals surface area contributed by atoms with Crippen LogP contribution in [-0.4, -0.2) is 12.1 Å². The minimum absolute atomic E-state index is 0.0862. The van der Waals surface area contributed by atoms with Crippen LogP contribution in [0.2, 0.25) is 0 Å². The summed E-state index contributed by atoms with van der Waals surface area (Å²) in [5.41, 5.74) is 0.832. The molecule has 1 aromatic heterocycles. The molecule has 16 heavy (non-hydrogen) atoms. The summed E-state index contributed by atoms with van der Waals surface area (Å²) in [4.78, 5) is 2.68. The zero-order chi connectivity index (χ0) is 12.3. The van der Waals surface area contributed by atoms with Crippen molar-refractivity contribution in [2.24, 2.45) is 0 Å². The number of fused-ring (bicyclic) bond motifs is 1. The third-order valence-electron chi connectivity index (χ3n) is 2.23. The zero-order valence-corrected chi connectivity index (χ0v) is 9.82. The highest BCUT2D eigenvalue weighted by Gasteiger charge is 2.15. The standard InChI is InChI=1S/C10H9F2NO.C2H6/c1-5-4-13-10-8(5)6(11)3-7(14-2)9(10)12;1-2/h3-4,13H,1-2H3;1-2H3. The minimum atomic E-state index is -0.558. The number of benzene rings is 1. The van der Waals surface area contributed by atoms with Crippen LogP contribution in [0.15, 0.2) is 12.3 Å². The second kappa shape index (κ2) is 4.96. The van der Waals surface area contributed by atoms with Crippen LogP contribution in [0, 0.1) is 18.6 Å². The van der Waals surface area contributed by atoms with Gasteiger partial charge in [-0.2, -0.15) is 0 Å². The SMILES string of the molecule is CC.COc1cc(F)c2c(C)c[nH]c2c1F. The van der Waals surface area contributed by atoms with Crippen LogP contribution >= 0.6 is 0 Å². The van der Waals surface area contributed by atoms with Gasteiger partial charge in [0.2, 0.25) is 0 Å². The molecule has 0 amide bonds. The molecule has 1 N–H and O–H groups in total. The first-order valence-electron chi connectivity index (χ1n) is 5.15. The van der Waals surface area contributed by atoms with Gasteiger partial charge < -0.3 is 9.72 Å². The normalized spacial score (nSPS) is 9.88. The topological polar surface area (TPSA) is 25.0 Å². The van der Waals surface area contributed by atoms with E-state index in [2.05, 4.69) is 4.98 Å². The Labute approximate surface area is 93.2 Å². The molecule has 0 aliphatic carbocycles. The minimum Gasteiger partial charge on any atom is -0.493 e. The summed E-state index contributed by atoms with van der Waals surface area (Å²) in [7, 11) is 1.31. The number of rotatable bonds is 1. The second-order valence-electron chi connectivity index (χ2n) is 3.10. The number of hydrogen-bond donors (Lipinski definition) is 1. The number of methoxy groups -OCH3 is 1. The lowest BCUT2D eigenvalue weighted by Gasteiger charge is -2.03. The Hall–Kier alpha value is -1.58. The molecule has 0 aliphatic rings. The molecule has 0 aliphatic heterocycles. The predicted molar refractivity (Wildman–Crippen MR) is 60.9 cm³/mol. The molecule has 0 atom stereocenters. The number of ether oxygens (including phenoxy) is 1. The number of H-pyrrole nitrogens is 1. The summed E-state index contributed by atoms with van der Waals surface area (Å²) in [5.74, 6) is -1.12.